The first-order valence-electron chi connectivity index (χ1n) is 6.25. The van der Waals surface area contributed by atoms with E-state index >= 15 is 0 Å². The van der Waals surface area contributed by atoms with Crippen molar-refractivity contribution in [3.63, 3.8) is 0 Å². The van der Waals surface area contributed by atoms with E-state index in [1.807, 2.05) is 12.3 Å². The average molecular weight is 235 g/mol. The predicted octanol–water partition coefficient (Wildman–Crippen LogP) is 1.61. The molecule has 4 nitrogen and oxygen atoms in total. The second-order valence-electron chi connectivity index (χ2n) is 5.28. The summed E-state index contributed by atoms with van der Waals surface area (Å²) in [5.74, 6) is 1.36. The topological polar surface area (TPSA) is 61.0 Å². The lowest BCUT2D eigenvalue weighted by Crippen LogP contribution is -2.31. The van der Waals surface area contributed by atoms with Gasteiger partial charge in [0.15, 0.2) is 0 Å². The average Bonchev–Trinajstić information content (AvgIpc) is 2.40. The maximum Gasteiger partial charge on any atom is 0.135 e. The van der Waals surface area contributed by atoms with Crippen molar-refractivity contribution in [1.82, 2.24) is 9.97 Å². The summed E-state index contributed by atoms with van der Waals surface area (Å²) in [6.07, 6.45) is 3.96. The monoisotopic (exact) mass is 235 g/mol. The van der Waals surface area contributed by atoms with Crippen LogP contribution >= 0.6 is 0 Å². The standard InChI is InChI=1S/C13H21N3O/c1-13(2,9-14)12-15-6-3-11(16-12)10-4-7-17-8-5-10/h3,6,10H,4-5,7-9,14H2,1-2H3. The van der Waals surface area contributed by atoms with Crippen LogP contribution in [0.4, 0.5) is 0 Å². The molecule has 2 rings (SSSR count). The first-order valence-corrected chi connectivity index (χ1v) is 6.25. The Balaban J connectivity index is 2.21. The second-order valence-corrected chi connectivity index (χ2v) is 5.28. The number of ether oxygens (including phenoxy) is 1. The van der Waals surface area contributed by atoms with E-state index in [9.17, 15) is 0 Å². The Kier molecular flexibility index (Phi) is 3.74. The van der Waals surface area contributed by atoms with Crippen LogP contribution in [0.1, 0.15) is 44.1 Å². The van der Waals surface area contributed by atoms with E-state index in [0.29, 0.717) is 12.5 Å². The van der Waals surface area contributed by atoms with Crippen LogP contribution in [-0.4, -0.2) is 29.7 Å². The molecule has 0 saturated carbocycles. The fraction of sp³-hybridized carbons (Fsp3) is 0.692. The number of rotatable bonds is 3. The highest BCUT2D eigenvalue weighted by atomic mass is 16.5. The molecule has 0 radical (unpaired) electrons. The van der Waals surface area contributed by atoms with E-state index in [1.165, 1.54) is 0 Å². The number of nitrogens with two attached hydrogens (primary N) is 1. The molecule has 1 fully saturated rings. The molecule has 1 saturated heterocycles. The maximum atomic E-state index is 5.77. The van der Waals surface area contributed by atoms with Crippen LogP contribution in [0.15, 0.2) is 12.3 Å². The van der Waals surface area contributed by atoms with Crippen molar-refractivity contribution in [1.29, 1.82) is 0 Å². The summed E-state index contributed by atoms with van der Waals surface area (Å²) < 4.78 is 5.38. The number of nitrogens with zero attached hydrogens (tertiary/aromatic N) is 2. The fourth-order valence-electron chi connectivity index (χ4n) is 2.01. The molecule has 1 aromatic rings. The molecule has 0 amide bonds. The molecule has 2 heterocycles. The fourth-order valence-corrected chi connectivity index (χ4v) is 2.01. The molecule has 0 aromatic carbocycles. The second kappa shape index (κ2) is 5.10. The maximum absolute atomic E-state index is 5.77. The van der Waals surface area contributed by atoms with Gasteiger partial charge in [-0.15, -0.1) is 0 Å². The van der Waals surface area contributed by atoms with Gasteiger partial charge in [-0.05, 0) is 18.9 Å². The zero-order chi connectivity index (χ0) is 12.3. The van der Waals surface area contributed by atoms with Gasteiger partial charge in [0.2, 0.25) is 0 Å². The zero-order valence-corrected chi connectivity index (χ0v) is 10.6. The summed E-state index contributed by atoms with van der Waals surface area (Å²) in [7, 11) is 0. The molecule has 0 aliphatic carbocycles. The summed E-state index contributed by atoms with van der Waals surface area (Å²) in [6, 6.07) is 2.02. The summed E-state index contributed by atoms with van der Waals surface area (Å²) >= 11 is 0. The van der Waals surface area contributed by atoms with Gasteiger partial charge in [-0.1, -0.05) is 13.8 Å². The molecule has 0 spiro atoms. The minimum absolute atomic E-state index is 0.152. The van der Waals surface area contributed by atoms with Gasteiger partial charge in [0, 0.05) is 43.0 Å². The Morgan fingerprint density at radius 3 is 2.76 bits per heavy atom. The predicted molar refractivity (Wildman–Crippen MR) is 66.9 cm³/mol. The van der Waals surface area contributed by atoms with Crippen LogP contribution in [0.25, 0.3) is 0 Å². The molecule has 1 aromatic heterocycles. The van der Waals surface area contributed by atoms with Crippen LogP contribution < -0.4 is 5.73 Å². The Labute approximate surface area is 103 Å². The molecule has 17 heavy (non-hydrogen) atoms. The normalized spacial score (nSPS) is 18.3. The van der Waals surface area contributed by atoms with Gasteiger partial charge in [-0.3, -0.25) is 0 Å². The number of hydrogen-bond donors (Lipinski definition) is 1. The van der Waals surface area contributed by atoms with Crippen molar-refractivity contribution in [3.05, 3.63) is 23.8 Å². The Morgan fingerprint density at radius 2 is 2.12 bits per heavy atom. The van der Waals surface area contributed by atoms with E-state index in [1.54, 1.807) is 0 Å². The Bertz CT molecular complexity index is 373. The van der Waals surface area contributed by atoms with Crippen molar-refractivity contribution in [3.8, 4) is 0 Å². The van der Waals surface area contributed by atoms with Crippen LogP contribution in [0.2, 0.25) is 0 Å². The minimum Gasteiger partial charge on any atom is -0.381 e. The molecule has 94 valence electrons. The molecular weight excluding hydrogens is 214 g/mol. The zero-order valence-electron chi connectivity index (χ0n) is 10.6. The van der Waals surface area contributed by atoms with E-state index in [-0.39, 0.29) is 5.41 Å². The summed E-state index contributed by atoms with van der Waals surface area (Å²) in [6.45, 7) is 6.39. The third-order valence-electron chi connectivity index (χ3n) is 3.43. The van der Waals surface area contributed by atoms with Crippen molar-refractivity contribution in [2.75, 3.05) is 19.8 Å². The molecule has 0 bridgehead atoms. The molecule has 0 atom stereocenters. The van der Waals surface area contributed by atoms with Gasteiger partial charge in [-0.25, -0.2) is 9.97 Å². The largest absolute Gasteiger partial charge is 0.381 e. The van der Waals surface area contributed by atoms with Gasteiger partial charge < -0.3 is 10.5 Å². The highest BCUT2D eigenvalue weighted by Crippen LogP contribution is 2.26. The SMILES string of the molecule is CC(C)(CN)c1nccc(C2CCOCC2)n1. The van der Waals surface area contributed by atoms with E-state index in [4.69, 9.17) is 15.5 Å². The number of hydrogen-bond acceptors (Lipinski definition) is 4. The summed E-state index contributed by atoms with van der Waals surface area (Å²) in [5, 5.41) is 0. The third-order valence-corrected chi connectivity index (χ3v) is 3.43. The van der Waals surface area contributed by atoms with Gasteiger partial charge in [0.25, 0.3) is 0 Å². The Hall–Kier alpha value is -1.00. The van der Waals surface area contributed by atoms with Gasteiger partial charge in [-0.2, -0.15) is 0 Å². The molecule has 2 N–H and O–H groups in total. The van der Waals surface area contributed by atoms with E-state index in [2.05, 4.69) is 18.8 Å². The molecular formula is C13H21N3O. The first kappa shape index (κ1) is 12.5. The highest BCUT2D eigenvalue weighted by molar-refractivity contribution is 5.14. The molecule has 1 aliphatic rings. The van der Waals surface area contributed by atoms with E-state index < -0.39 is 0 Å². The molecule has 0 unspecified atom stereocenters. The lowest BCUT2D eigenvalue weighted by Gasteiger charge is -2.24. The first-order chi connectivity index (χ1) is 8.13. The van der Waals surface area contributed by atoms with Crippen LogP contribution in [0.5, 0.6) is 0 Å². The summed E-state index contributed by atoms with van der Waals surface area (Å²) in [4.78, 5) is 9.05. The van der Waals surface area contributed by atoms with Crippen LogP contribution in [0.3, 0.4) is 0 Å². The van der Waals surface area contributed by atoms with Gasteiger partial charge in [0.1, 0.15) is 5.82 Å². The number of aromatic nitrogens is 2. The third kappa shape index (κ3) is 2.82. The lowest BCUT2D eigenvalue weighted by atomic mass is 9.91. The summed E-state index contributed by atoms with van der Waals surface area (Å²) in [5.41, 5.74) is 6.75. The highest BCUT2D eigenvalue weighted by Gasteiger charge is 2.24. The van der Waals surface area contributed by atoms with Crippen molar-refractivity contribution in [2.45, 2.75) is 38.0 Å². The lowest BCUT2D eigenvalue weighted by molar-refractivity contribution is 0.0844. The quantitative estimate of drug-likeness (QED) is 0.864. The van der Waals surface area contributed by atoms with Crippen LogP contribution in [-0.2, 0) is 10.2 Å². The van der Waals surface area contributed by atoms with Gasteiger partial charge in [0.05, 0.1) is 0 Å². The van der Waals surface area contributed by atoms with Crippen molar-refractivity contribution < 1.29 is 4.74 Å². The smallest absolute Gasteiger partial charge is 0.135 e. The van der Waals surface area contributed by atoms with Crippen molar-refractivity contribution in [2.24, 2.45) is 5.73 Å². The molecule has 4 heteroatoms. The minimum atomic E-state index is -0.152. The molecule has 1 aliphatic heterocycles. The van der Waals surface area contributed by atoms with Crippen molar-refractivity contribution >= 4 is 0 Å². The van der Waals surface area contributed by atoms with Crippen LogP contribution in [0, 0.1) is 0 Å². The Morgan fingerprint density at radius 1 is 1.41 bits per heavy atom. The van der Waals surface area contributed by atoms with Gasteiger partial charge >= 0.3 is 0 Å². The van der Waals surface area contributed by atoms with E-state index in [0.717, 1.165) is 37.6 Å².